The number of nitrogens with one attached hydrogen (secondary N) is 3. The number of rotatable bonds is 4. The summed E-state index contributed by atoms with van der Waals surface area (Å²) in [5.74, 6) is 6.28. The Morgan fingerprint density at radius 1 is 1.05 bits per heavy atom. The van der Waals surface area contributed by atoms with Gasteiger partial charge < -0.3 is 24.8 Å². The number of hydrogen-bond acceptors (Lipinski definition) is 6. The van der Waals surface area contributed by atoms with E-state index in [-0.39, 0.29) is 12.5 Å². The maximum atomic E-state index is 13.2. The summed E-state index contributed by atoms with van der Waals surface area (Å²) < 4.78 is 5.26. The van der Waals surface area contributed by atoms with Crippen molar-refractivity contribution in [2.45, 2.75) is 12.0 Å². The van der Waals surface area contributed by atoms with Crippen LogP contribution in [0, 0.1) is 17.3 Å². The van der Waals surface area contributed by atoms with Crippen molar-refractivity contribution in [3.8, 4) is 17.6 Å². The second-order valence-corrected chi connectivity index (χ2v) is 9.78. The number of carbonyl (C=O) groups is 3. The van der Waals surface area contributed by atoms with E-state index in [4.69, 9.17) is 10.1 Å². The Bertz CT molecular complexity index is 1350. The van der Waals surface area contributed by atoms with Crippen LogP contribution < -0.4 is 15.4 Å². The normalized spacial score (nSPS) is 21.3. The minimum atomic E-state index is -1.57. The van der Waals surface area contributed by atoms with E-state index in [9.17, 15) is 14.4 Å². The molecule has 5 rings (SSSR count). The molecule has 0 spiro atoms. The lowest BCUT2D eigenvalue weighted by molar-refractivity contribution is -0.122. The molecule has 4 amide bonds. The van der Waals surface area contributed by atoms with Crippen LogP contribution in [0.15, 0.2) is 42.5 Å². The molecule has 2 aromatic rings. The van der Waals surface area contributed by atoms with Gasteiger partial charge in [0.25, 0.3) is 11.8 Å². The number of fused-ring (bicyclic) bond motifs is 1. The molecule has 10 heteroatoms. The summed E-state index contributed by atoms with van der Waals surface area (Å²) in [5.41, 5.74) is 1.28. The van der Waals surface area contributed by atoms with Gasteiger partial charge in [0, 0.05) is 49.4 Å². The molecule has 2 fully saturated rings. The fraction of sp³-hybridized carbons (Fsp3) is 0.357. The second-order valence-electron chi connectivity index (χ2n) is 9.78. The Hall–Kier alpha value is -4.36. The number of likely N-dealkylation sites (N-methyl/N-ethyl adjacent to an activating group) is 1. The van der Waals surface area contributed by atoms with Crippen molar-refractivity contribution in [1.29, 1.82) is 5.41 Å². The molecule has 196 valence electrons. The molecule has 3 aliphatic rings. The Morgan fingerprint density at radius 2 is 1.79 bits per heavy atom. The first-order valence-electron chi connectivity index (χ1n) is 12.5. The van der Waals surface area contributed by atoms with Crippen LogP contribution in [0.2, 0.25) is 0 Å². The number of ether oxygens (including phenoxy) is 1. The molecule has 3 N–H and O–H groups in total. The molecule has 2 saturated heterocycles. The summed E-state index contributed by atoms with van der Waals surface area (Å²) in [4.78, 5) is 44.1. The Labute approximate surface area is 221 Å². The molecule has 1 atom stereocenters. The standard InChI is InChI=1S/C28H30N6O4/c1-32-13-15-33(16-14-32)24(29)20-5-3-19(4-6-20)9-11-28(26(36)30-27(37)31-28)18-34-12-10-21-17-22(38-2)7-8-23(21)25(34)35/h3-8,17,29H,10,12-16,18H2,1-2H3,(H2,30,31,36,37)/t28-/m1/s1. The van der Waals surface area contributed by atoms with Crippen LogP contribution in [0.5, 0.6) is 5.75 Å². The monoisotopic (exact) mass is 514 g/mol. The zero-order valence-corrected chi connectivity index (χ0v) is 21.5. The Kier molecular flexibility index (Phi) is 6.78. The number of benzene rings is 2. The molecule has 10 nitrogen and oxygen atoms in total. The van der Waals surface area contributed by atoms with Crippen LogP contribution in [0.1, 0.15) is 27.0 Å². The molecule has 3 aliphatic heterocycles. The van der Waals surface area contributed by atoms with E-state index in [2.05, 4.69) is 39.3 Å². The number of urea groups is 1. The van der Waals surface area contributed by atoms with Crippen molar-refractivity contribution < 1.29 is 19.1 Å². The van der Waals surface area contributed by atoms with Gasteiger partial charge >= 0.3 is 6.03 Å². The van der Waals surface area contributed by atoms with Gasteiger partial charge in [-0.15, -0.1) is 0 Å². The van der Waals surface area contributed by atoms with Crippen molar-refractivity contribution >= 4 is 23.7 Å². The highest BCUT2D eigenvalue weighted by Crippen LogP contribution is 2.25. The molecule has 0 aliphatic carbocycles. The summed E-state index contributed by atoms with van der Waals surface area (Å²) >= 11 is 0. The maximum Gasteiger partial charge on any atom is 0.323 e. The van der Waals surface area contributed by atoms with Crippen LogP contribution >= 0.6 is 0 Å². The third-order valence-corrected chi connectivity index (χ3v) is 7.25. The van der Waals surface area contributed by atoms with Crippen LogP contribution in [0.4, 0.5) is 4.79 Å². The summed E-state index contributed by atoms with van der Waals surface area (Å²) in [5, 5.41) is 13.4. The van der Waals surface area contributed by atoms with Gasteiger partial charge in [-0.3, -0.25) is 20.3 Å². The maximum absolute atomic E-state index is 13.2. The lowest BCUT2D eigenvalue weighted by atomic mass is 9.94. The number of piperazine rings is 1. The van der Waals surface area contributed by atoms with E-state index in [1.165, 1.54) is 0 Å². The first kappa shape index (κ1) is 25.3. The number of methoxy groups -OCH3 is 1. The smallest absolute Gasteiger partial charge is 0.323 e. The zero-order chi connectivity index (χ0) is 26.9. The Morgan fingerprint density at radius 3 is 2.45 bits per heavy atom. The fourth-order valence-corrected chi connectivity index (χ4v) is 4.91. The number of amidine groups is 1. The first-order chi connectivity index (χ1) is 18.3. The minimum absolute atomic E-state index is 0.0754. The third-order valence-electron chi connectivity index (χ3n) is 7.25. The highest BCUT2D eigenvalue weighted by Gasteiger charge is 2.47. The van der Waals surface area contributed by atoms with Crippen molar-refractivity contribution in [1.82, 2.24) is 25.3 Å². The lowest BCUT2D eigenvalue weighted by Gasteiger charge is -2.34. The predicted molar refractivity (Wildman–Crippen MR) is 141 cm³/mol. The summed E-state index contributed by atoms with van der Waals surface area (Å²) in [6.45, 7) is 3.76. The van der Waals surface area contributed by atoms with Crippen molar-refractivity contribution in [2.75, 3.05) is 53.4 Å². The number of nitrogens with zero attached hydrogens (tertiary/aromatic N) is 3. The summed E-state index contributed by atoms with van der Waals surface area (Å²) in [7, 11) is 3.65. The van der Waals surface area contributed by atoms with E-state index in [0.29, 0.717) is 35.7 Å². The van der Waals surface area contributed by atoms with Gasteiger partial charge in [0.15, 0.2) is 0 Å². The molecule has 38 heavy (non-hydrogen) atoms. The van der Waals surface area contributed by atoms with Gasteiger partial charge in [0.05, 0.1) is 13.7 Å². The molecule has 2 aromatic carbocycles. The largest absolute Gasteiger partial charge is 0.497 e. The fourth-order valence-electron chi connectivity index (χ4n) is 4.91. The summed E-state index contributed by atoms with van der Waals surface area (Å²) in [6.07, 6.45) is 0.595. The molecule has 0 bridgehead atoms. The number of amides is 4. The van der Waals surface area contributed by atoms with Crippen LogP contribution in [-0.2, 0) is 11.2 Å². The van der Waals surface area contributed by atoms with Gasteiger partial charge in [-0.1, -0.05) is 24.0 Å². The molecular weight excluding hydrogens is 484 g/mol. The van der Waals surface area contributed by atoms with E-state index >= 15 is 0 Å². The van der Waals surface area contributed by atoms with E-state index in [1.807, 2.05) is 18.2 Å². The summed E-state index contributed by atoms with van der Waals surface area (Å²) in [6, 6.07) is 11.9. The topological polar surface area (TPSA) is 118 Å². The predicted octanol–water partition coefficient (Wildman–Crippen LogP) is 0.896. The average Bonchev–Trinajstić information content (AvgIpc) is 3.21. The first-order valence-corrected chi connectivity index (χ1v) is 12.5. The lowest BCUT2D eigenvalue weighted by Crippen LogP contribution is -2.56. The SMILES string of the molecule is COc1ccc2c(c1)CCN(C[C@@]1(C#Cc3ccc(C(=N)N4CCN(C)CC4)cc3)NC(=O)NC1=O)C2=O. The van der Waals surface area contributed by atoms with E-state index in [0.717, 1.165) is 37.3 Å². The third kappa shape index (κ3) is 4.93. The van der Waals surface area contributed by atoms with Crippen LogP contribution in [0.3, 0.4) is 0 Å². The molecule has 0 saturated carbocycles. The highest BCUT2D eigenvalue weighted by molar-refractivity contribution is 6.10. The van der Waals surface area contributed by atoms with Crippen LogP contribution in [0.25, 0.3) is 0 Å². The molecule has 0 aromatic heterocycles. The molecule has 0 unspecified atom stereocenters. The minimum Gasteiger partial charge on any atom is -0.497 e. The van der Waals surface area contributed by atoms with Gasteiger partial charge in [-0.2, -0.15) is 0 Å². The van der Waals surface area contributed by atoms with E-state index < -0.39 is 17.5 Å². The average molecular weight is 515 g/mol. The van der Waals surface area contributed by atoms with Crippen molar-refractivity contribution in [3.63, 3.8) is 0 Å². The Balaban J connectivity index is 1.34. The number of imide groups is 1. The van der Waals surface area contributed by atoms with Crippen LogP contribution in [-0.4, -0.2) is 97.3 Å². The molecular formula is C28H30N6O4. The number of hydrogen-bond donors (Lipinski definition) is 3. The quantitative estimate of drug-likeness (QED) is 0.242. The number of carbonyl (C=O) groups excluding carboxylic acids is 3. The van der Waals surface area contributed by atoms with Crippen molar-refractivity contribution in [2.24, 2.45) is 0 Å². The van der Waals surface area contributed by atoms with Crippen molar-refractivity contribution in [3.05, 3.63) is 64.7 Å². The van der Waals surface area contributed by atoms with E-state index in [1.54, 1.807) is 36.3 Å². The van der Waals surface area contributed by atoms with Gasteiger partial charge in [-0.05, 0) is 49.4 Å². The van der Waals surface area contributed by atoms with Gasteiger partial charge in [-0.25, -0.2) is 4.79 Å². The second kappa shape index (κ2) is 10.2. The zero-order valence-electron chi connectivity index (χ0n) is 21.5. The van der Waals surface area contributed by atoms with Gasteiger partial charge in [0.1, 0.15) is 11.6 Å². The van der Waals surface area contributed by atoms with Gasteiger partial charge in [0.2, 0.25) is 5.54 Å². The highest BCUT2D eigenvalue weighted by atomic mass is 16.5. The molecule has 3 heterocycles. The molecule has 0 radical (unpaired) electrons.